The summed E-state index contributed by atoms with van der Waals surface area (Å²) in [6.45, 7) is 0. The number of hydrogen-bond acceptors (Lipinski definition) is 1. The molecule has 0 fully saturated rings. The van der Waals surface area contributed by atoms with E-state index in [0.717, 1.165) is 12.1 Å². The van der Waals surface area contributed by atoms with Crippen LogP contribution in [0.1, 0.15) is 15.9 Å². The summed E-state index contributed by atoms with van der Waals surface area (Å²) in [5.74, 6) is -6.15. The monoisotopic (exact) mass is 288 g/mol. The molecule has 0 aliphatic rings. The Morgan fingerprint density at radius 2 is 1.37 bits per heavy atom. The van der Waals surface area contributed by atoms with Crippen molar-refractivity contribution in [3.63, 3.8) is 0 Å². The molecule has 0 amide bonds. The van der Waals surface area contributed by atoms with E-state index in [1.165, 1.54) is 6.07 Å². The van der Waals surface area contributed by atoms with Gasteiger partial charge in [-0.3, -0.25) is 4.79 Å². The maximum absolute atomic E-state index is 13.4. The van der Waals surface area contributed by atoms with Crippen molar-refractivity contribution in [2.75, 3.05) is 0 Å². The zero-order valence-corrected chi connectivity index (χ0v) is 9.94. The zero-order chi connectivity index (χ0) is 14.2. The topological polar surface area (TPSA) is 17.1 Å². The molecule has 2 aromatic carbocycles. The molecule has 0 heterocycles. The number of benzene rings is 2. The van der Waals surface area contributed by atoms with E-state index in [1.807, 2.05) is 0 Å². The Balaban J connectivity index is 2.56. The summed E-state index contributed by atoms with van der Waals surface area (Å²) in [6.07, 6.45) is 0. The second-order valence-corrected chi connectivity index (χ2v) is 4.14. The van der Waals surface area contributed by atoms with Crippen LogP contribution in [0.2, 0.25) is 5.02 Å². The first-order chi connectivity index (χ1) is 8.90. The van der Waals surface area contributed by atoms with Crippen LogP contribution in [0.15, 0.2) is 30.3 Å². The molecule has 2 rings (SSSR count). The fraction of sp³-hybridized carbons (Fsp3) is 0. The molecule has 6 heteroatoms. The first-order valence-electron chi connectivity index (χ1n) is 5.04. The number of carbonyl (C=O) groups excluding carboxylic acids is 1. The second kappa shape index (κ2) is 5.01. The van der Waals surface area contributed by atoms with Gasteiger partial charge < -0.3 is 0 Å². The van der Waals surface area contributed by atoms with Gasteiger partial charge in [0.05, 0.1) is 11.1 Å². The maximum Gasteiger partial charge on any atom is 0.199 e. The lowest BCUT2D eigenvalue weighted by atomic mass is 10.0. The summed E-state index contributed by atoms with van der Waals surface area (Å²) in [7, 11) is 0. The van der Waals surface area contributed by atoms with Crippen molar-refractivity contribution in [1.29, 1.82) is 0 Å². The third-order valence-corrected chi connectivity index (χ3v) is 2.66. The molecule has 0 spiro atoms. The lowest BCUT2D eigenvalue weighted by Crippen LogP contribution is -2.08. The van der Waals surface area contributed by atoms with Crippen LogP contribution in [0.3, 0.4) is 0 Å². The van der Waals surface area contributed by atoms with Crippen molar-refractivity contribution in [3.8, 4) is 0 Å². The van der Waals surface area contributed by atoms with Gasteiger partial charge in [-0.2, -0.15) is 0 Å². The Morgan fingerprint density at radius 3 is 2.05 bits per heavy atom. The van der Waals surface area contributed by atoms with Crippen LogP contribution in [-0.2, 0) is 0 Å². The largest absolute Gasteiger partial charge is 0.288 e. The number of rotatable bonds is 2. The van der Waals surface area contributed by atoms with Gasteiger partial charge in [0.1, 0.15) is 11.6 Å². The summed E-state index contributed by atoms with van der Waals surface area (Å²) in [5, 5.41) is 0.0627. The van der Waals surface area contributed by atoms with Gasteiger partial charge in [0.15, 0.2) is 17.4 Å². The van der Waals surface area contributed by atoms with Crippen LogP contribution >= 0.6 is 11.6 Å². The van der Waals surface area contributed by atoms with Gasteiger partial charge in [-0.25, -0.2) is 17.6 Å². The summed E-state index contributed by atoms with van der Waals surface area (Å²) in [5.41, 5.74) is -1.28. The zero-order valence-electron chi connectivity index (χ0n) is 9.18. The second-order valence-electron chi connectivity index (χ2n) is 3.70. The molecule has 0 aliphatic heterocycles. The molecular formula is C13H5ClF4O. The number of halogens is 5. The van der Waals surface area contributed by atoms with Gasteiger partial charge in [-0.05, 0) is 24.3 Å². The number of carbonyl (C=O) groups is 1. The van der Waals surface area contributed by atoms with Gasteiger partial charge in [0.25, 0.3) is 0 Å². The SMILES string of the molecule is O=C(c1cc(Cl)ccc1F)c1cc(F)c(F)cc1F. The van der Waals surface area contributed by atoms with E-state index in [-0.39, 0.29) is 11.1 Å². The molecule has 0 aromatic heterocycles. The molecular weight excluding hydrogens is 284 g/mol. The number of ketones is 1. The molecule has 0 unspecified atom stereocenters. The van der Waals surface area contributed by atoms with Gasteiger partial charge in [0.2, 0.25) is 0 Å². The molecule has 0 saturated heterocycles. The van der Waals surface area contributed by atoms with E-state index >= 15 is 0 Å². The summed E-state index contributed by atoms with van der Waals surface area (Å²) >= 11 is 5.60. The average Bonchev–Trinajstić information content (AvgIpc) is 2.36. The van der Waals surface area contributed by atoms with Gasteiger partial charge in [0, 0.05) is 11.1 Å². The van der Waals surface area contributed by atoms with Gasteiger partial charge in [-0.15, -0.1) is 0 Å². The van der Waals surface area contributed by atoms with Crippen LogP contribution in [0, 0.1) is 23.3 Å². The highest BCUT2D eigenvalue weighted by atomic mass is 35.5. The van der Waals surface area contributed by atoms with Crippen molar-refractivity contribution in [1.82, 2.24) is 0 Å². The predicted molar refractivity (Wildman–Crippen MR) is 61.2 cm³/mol. The fourth-order valence-electron chi connectivity index (χ4n) is 1.51. The lowest BCUT2D eigenvalue weighted by molar-refractivity contribution is 0.103. The molecule has 98 valence electrons. The summed E-state index contributed by atoms with van der Waals surface area (Å²) in [4.78, 5) is 11.9. The maximum atomic E-state index is 13.4. The third-order valence-electron chi connectivity index (χ3n) is 2.43. The smallest absolute Gasteiger partial charge is 0.199 e. The van der Waals surface area contributed by atoms with Crippen molar-refractivity contribution in [3.05, 3.63) is 69.8 Å². The molecule has 0 bridgehead atoms. The van der Waals surface area contributed by atoms with E-state index < -0.39 is 40.2 Å². The fourth-order valence-corrected chi connectivity index (χ4v) is 1.69. The molecule has 0 aliphatic carbocycles. The molecule has 1 nitrogen and oxygen atoms in total. The van der Waals surface area contributed by atoms with E-state index in [4.69, 9.17) is 11.6 Å². The standard InChI is InChI=1S/C13H5ClF4O/c14-6-1-2-9(15)7(3-6)13(19)8-4-11(17)12(18)5-10(8)16/h1-5H. The van der Waals surface area contributed by atoms with E-state index in [0.29, 0.717) is 6.07 Å². The predicted octanol–water partition coefficient (Wildman–Crippen LogP) is 4.13. The van der Waals surface area contributed by atoms with Crippen LogP contribution in [-0.4, -0.2) is 5.78 Å². The molecule has 0 saturated carbocycles. The van der Waals surface area contributed by atoms with E-state index in [1.54, 1.807) is 0 Å². The Kier molecular flexibility index (Phi) is 3.57. The highest BCUT2D eigenvalue weighted by Gasteiger charge is 2.20. The quantitative estimate of drug-likeness (QED) is 0.461. The van der Waals surface area contributed by atoms with Crippen molar-refractivity contribution in [2.24, 2.45) is 0 Å². The molecule has 2 aromatic rings. The van der Waals surface area contributed by atoms with Gasteiger partial charge >= 0.3 is 0 Å². The summed E-state index contributed by atoms with van der Waals surface area (Å²) < 4.78 is 52.6. The van der Waals surface area contributed by atoms with Crippen LogP contribution < -0.4 is 0 Å². The Morgan fingerprint density at radius 1 is 0.789 bits per heavy atom. The van der Waals surface area contributed by atoms with Crippen molar-refractivity contribution < 1.29 is 22.4 Å². The minimum absolute atomic E-state index is 0.0627. The highest BCUT2D eigenvalue weighted by molar-refractivity contribution is 6.31. The van der Waals surface area contributed by atoms with Gasteiger partial charge in [-0.1, -0.05) is 11.6 Å². The normalized spacial score (nSPS) is 10.6. The summed E-state index contributed by atoms with van der Waals surface area (Å²) in [6, 6.07) is 3.72. The first kappa shape index (κ1) is 13.5. The average molecular weight is 289 g/mol. The highest BCUT2D eigenvalue weighted by Crippen LogP contribution is 2.21. The van der Waals surface area contributed by atoms with Crippen LogP contribution in [0.4, 0.5) is 17.6 Å². The third kappa shape index (κ3) is 2.61. The Hall–Kier alpha value is -1.88. The number of hydrogen-bond donors (Lipinski definition) is 0. The molecule has 0 radical (unpaired) electrons. The van der Waals surface area contributed by atoms with Crippen LogP contribution in [0.5, 0.6) is 0 Å². The Bertz CT molecular complexity index is 670. The van der Waals surface area contributed by atoms with Crippen molar-refractivity contribution >= 4 is 17.4 Å². The Labute approximate surface area is 110 Å². The molecule has 0 N–H and O–H groups in total. The van der Waals surface area contributed by atoms with E-state index in [2.05, 4.69) is 0 Å². The van der Waals surface area contributed by atoms with E-state index in [9.17, 15) is 22.4 Å². The van der Waals surface area contributed by atoms with Crippen molar-refractivity contribution in [2.45, 2.75) is 0 Å². The first-order valence-corrected chi connectivity index (χ1v) is 5.42. The minimum atomic E-state index is -1.43. The molecule has 19 heavy (non-hydrogen) atoms. The lowest BCUT2D eigenvalue weighted by Gasteiger charge is -2.05. The van der Waals surface area contributed by atoms with Crippen LogP contribution in [0.25, 0.3) is 0 Å². The molecule has 0 atom stereocenters. The minimum Gasteiger partial charge on any atom is -0.288 e.